The molecule has 1 fully saturated rings. The number of benzene rings is 1. The summed E-state index contributed by atoms with van der Waals surface area (Å²) in [4.78, 5) is 31.7. The Labute approximate surface area is 158 Å². The molecular weight excluding hydrogens is 346 g/mol. The lowest BCUT2D eigenvalue weighted by atomic mass is 10.1. The number of nitrogens with zero attached hydrogens (tertiary/aromatic N) is 4. The normalized spacial score (nSPS) is 16.0. The highest BCUT2D eigenvalue weighted by molar-refractivity contribution is 5.95. The number of nitro benzene ring substituents is 1. The summed E-state index contributed by atoms with van der Waals surface area (Å²) in [5.41, 5.74) is 1.29. The highest BCUT2D eigenvalue weighted by Gasteiger charge is 2.26. The summed E-state index contributed by atoms with van der Waals surface area (Å²) >= 11 is 0. The molecule has 1 amide bonds. The molecule has 0 unspecified atom stereocenters. The predicted molar refractivity (Wildman–Crippen MR) is 104 cm³/mol. The molecule has 1 saturated heterocycles. The zero-order chi connectivity index (χ0) is 19.4. The number of nitro groups is 1. The molecule has 0 radical (unpaired) electrons. The van der Waals surface area contributed by atoms with E-state index in [0.29, 0.717) is 11.3 Å². The van der Waals surface area contributed by atoms with Gasteiger partial charge in [0.05, 0.1) is 11.0 Å². The highest BCUT2D eigenvalue weighted by atomic mass is 16.6. The van der Waals surface area contributed by atoms with Crippen molar-refractivity contribution in [1.29, 1.82) is 0 Å². The third-order valence-corrected chi connectivity index (χ3v) is 4.89. The first-order chi connectivity index (χ1) is 13.0. The first-order valence-electron chi connectivity index (χ1n) is 8.91. The van der Waals surface area contributed by atoms with E-state index in [1.165, 1.54) is 12.1 Å². The number of carbonyl (C=O) groups is 1. The predicted octanol–water partition coefficient (Wildman–Crippen LogP) is 2.45. The largest absolute Gasteiger partial charge is 0.354 e. The highest BCUT2D eigenvalue weighted by Crippen LogP contribution is 2.22. The molecule has 142 valence electrons. The van der Waals surface area contributed by atoms with E-state index in [4.69, 9.17) is 0 Å². The van der Waals surface area contributed by atoms with Crippen LogP contribution in [0.25, 0.3) is 0 Å². The lowest BCUT2D eigenvalue weighted by Crippen LogP contribution is -2.53. The Morgan fingerprint density at radius 2 is 1.96 bits per heavy atom. The van der Waals surface area contributed by atoms with E-state index < -0.39 is 4.92 Å². The van der Waals surface area contributed by atoms with Gasteiger partial charge in [-0.15, -0.1) is 0 Å². The number of hydrogen-bond acceptors (Lipinski definition) is 6. The number of pyridine rings is 1. The first-order valence-corrected chi connectivity index (χ1v) is 8.91. The molecular formula is C19H23N5O3. The quantitative estimate of drug-likeness (QED) is 0.643. The summed E-state index contributed by atoms with van der Waals surface area (Å²) in [6.07, 6.45) is 1.78. The van der Waals surface area contributed by atoms with Crippen LogP contribution in [-0.2, 0) is 4.79 Å². The SMILES string of the molecule is Cc1cc([N+](=O)[O-])ccc1NC(=O)[C@H](C)N1CCN(c2ccccn2)CC1. The maximum Gasteiger partial charge on any atom is 0.269 e. The molecule has 1 N–H and O–H groups in total. The Balaban J connectivity index is 1.57. The van der Waals surface area contributed by atoms with E-state index in [0.717, 1.165) is 32.0 Å². The topological polar surface area (TPSA) is 91.6 Å². The smallest absolute Gasteiger partial charge is 0.269 e. The maximum atomic E-state index is 12.6. The van der Waals surface area contributed by atoms with Crippen LogP contribution >= 0.6 is 0 Å². The third kappa shape index (κ3) is 4.40. The average molecular weight is 369 g/mol. The summed E-state index contributed by atoms with van der Waals surface area (Å²) in [5, 5.41) is 13.7. The van der Waals surface area contributed by atoms with Crippen LogP contribution in [0.1, 0.15) is 12.5 Å². The number of piperazine rings is 1. The van der Waals surface area contributed by atoms with Gasteiger partial charge in [-0.1, -0.05) is 6.07 Å². The summed E-state index contributed by atoms with van der Waals surface area (Å²) in [6, 6.07) is 10.0. The minimum atomic E-state index is -0.442. The molecule has 2 aromatic rings. The van der Waals surface area contributed by atoms with Crippen molar-refractivity contribution < 1.29 is 9.72 Å². The fraction of sp³-hybridized carbons (Fsp3) is 0.368. The van der Waals surface area contributed by atoms with Crippen LogP contribution in [-0.4, -0.2) is 52.9 Å². The monoisotopic (exact) mass is 369 g/mol. The number of non-ortho nitro benzene ring substituents is 1. The minimum Gasteiger partial charge on any atom is -0.354 e. The van der Waals surface area contributed by atoms with Crippen molar-refractivity contribution in [2.75, 3.05) is 36.4 Å². The van der Waals surface area contributed by atoms with E-state index in [1.807, 2.05) is 25.1 Å². The van der Waals surface area contributed by atoms with Crippen LogP contribution in [0.2, 0.25) is 0 Å². The number of carbonyl (C=O) groups excluding carboxylic acids is 1. The molecule has 1 atom stereocenters. The van der Waals surface area contributed by atoms with Gasteiger partial charge in [0.2, 0.25) is 5.91 Å². The van der Waals surface area contributed by atoms with Gasteiger partial charge in [-0.3, -0.25) is 19.8 Å². The number of amides is 1. The van der Waals surface area contributed by atoms with Gasteiger partial charge in [-0.05, 0) is 37.6 Å². The Morgan fingerprint density at radius 1 is 1.22 bits per heavy atom. The molecule has 3 rings (SSSR count). The van der Waals surface area contributed by atoms with Gasteiger partial charge in [0.15, 0.2) is 0 Å². The Morgan fingerprint density at radius 3 is 2.56 bits per heavy atom. The summed E-state index contributed by atoms with van der Waals surface area (Å²) in [7, 11) is 0. The number of hydrogen-bond donors (Lipinski definition) is 1. The van der Waals surface area contributed by atoms with Crippen molar-refractivity contribution in [3.05, 3.63) is 58.3 Å². The van der Waals surface area contributed by atoms with Crippen molar-refractivity contribution in [2.24, 2.45) is 0 Å². The fourth-order valence-corrected chi connectivity index (χ4v) is 3.18. The second-order valence-electron chi connectivity index (χ2n) is 6.63. The molecule has 1 aliphatic heterocycles. The van der Waals surface area contributed by atoms with Crippen molar-refractivity contribution in [3.8, 4) is 0 Å². The Kier molecular flexibility index (Phi) is 5.66. The second-order valence-corrected chi connectivity index (χ2v) is 6.63. The van der Waals surface area contributed by atoms with Crippen LogP contribution in [0.15, 0.2) is 42.6 Å². The molecule has 1 aliphatic rings. The molecule has 8 nitrogen and oxygen atoms in total. The summed E-state index contributed by atoms with van der Waals surface area (Å²) in [6.45, 7) is 6.79. The van der Waals surface area contributed by atoms with Gasteiger partial charge in [-0.25, -0.2) is 4.98 Å². The molecule has 2 heterocycles. The van der Waals surface area contributed by atoms with Gasteiger partial charge >= 0.3 is 0 Å². The van der Waals surface area contributed by atoms with Crippen LogP contribution in [0.4, 0.5) is 17.2 Å². The van der Waals surface area contributed by atoms with Crippen LogP contribution < -0.4 is 10.2 Å². The number of rotatable bonds is 5. The van der Waals surface area contributed by atoms with Gasteiger partial charge in [0, 0.05) is 50.2 Å². The second kappa shape index (κ2) is 8.13. The third-order valence-electron chi connectivity index (χ3n) is 4.89. The van der Waals surface area contributed by atoms with Crippen molar-refractivity contribution in [2.45, 2.75) is 19.9 Å². The Hall–Kier alpha value is -3.00. The van der Waals surface area contributed by atoms with Gasteiger partial charge < -0.3 is 10.2 Å². The molecule has 1 aromatic carbocycles. The van der Waals surface area contributed by atoms with Crippen molar-refractivity contribution in [1.82, 2.24) is 9.88 Å². The Bertz CT molecular complexity index is 819. The lowest BCUT2D eigenvalue weighted by molar-refractivity contribution is -0.384. The van der Waals surface area contributed by atoms with Crippen LogP contribution in [0.3, 0.4) is 0 Å². The summed E-state index contributed by atoms with van der Waals surface area (Å²) < 4.78 is 0. The van der Waals surface area contributed by atoms with Gasteiger partial charge in [0.25, 0.3) is 5.69 Å². The molecule has 0 spiro atoms. The minimum absolute atomic E-state index is 0.0178. The van der Waals surface area contributed by atoms with E-state index in [9.17, 15) is 14.9 Å². The molecule has 27 heavy (non-hydrogen) atoms. The number of aryl methyl sites for hydroxylation is 1. The van der Waals surface area contributed by atoms with E-state index in [1.54, 1.807) is 19.2 Å². The molecule has 0 saturated carbocycles. The average Bonchev–Trinajstić information content (AvgIpc) is 2.69. The van der Waals surface area contributed by atoms with E-state index >= 15 is 0 Å². The zero-order valence-corrected chi connectivity index (χ0v) is 15.5. The van der Waals surface area contributed by atoms with Crippen molar-refractivity contribution in [3.63, 3.8) is 0 Å². The number of anilines is 2. The molecule has 0 bridgehead atoms. The lowest BCUT2D eigenvalue weighted by Gasteiger charge is -2.38. The maximum absolute atomic E-state index is 12.6. The molecule has 0 aliphatic carbocycles. The zero-order valence-electron chi connectivity index (χ0n) is 15.5. The van der Waals surface area contributed by atoms with Crippen LogP contribution in [0, 0.1) is 17.0 Å². The van der Waals surface area contributed by atoms with Crippen LogP contribution in [0.5, 0.6) is 0 Å². The molecule has 8 heteroatoms. The van der Waals surface area contributed by atoms with E-state index in [2.05, 4.69) is 20.1 Å². The summed E-state index contributed by atoms with van der Waals surface area (Å²) in [5.74, 6) is 0.842. The first kappa shape index (κ1) is 18.8. The van der Waals surface area contributed by atoms with E-state index in [-0.39, 0.29) is 17.6 Å². The fourth-order valence-electron chi connectivity index (χ4n) is 3.18. The molecule has 1 aromatic heterocycles. The van der Waals surface area contributed by atoms with Gasteiger partial charge in [-0.2, -0.15) is 0 Å². The number of nitrogens with one attached hydrogen (secondary N) is 1. The standard InChI is InChI=1S/C19H23N5O3/c1-14-13-16(24(26)27)6-7-17(14)21-19(25)15(2)22-9-11-23(12-10-22)18-5-3-4-8-20-18/h3-8,13,15H,9-12H2,1-2H3,(H,21,25)/t15-/m0/s1. The number of aromatic nitrogens is 1. The van der Waals surface area contributed by atoms with Crippen molar-refractivity contribution >= 4 is 23.1 Å². The van der Waals surface area contributed by atoms with Gasteiger partial charge in [0.1, 0.15) is 5.82 Å².